The van der Waals surface area contributed by atoms with Crippen LogP contribution in [0.2, 0.25) is 0 Å². The molecule has 1 fully saturated rings. The molecule has 1 unspecified atom stereocenters. The van der Waals surface area contributed by atoms with E-state index >= 15 is 0 Å². The second-order valence-corrected chi connectivity index (χ2v) is 8.23. The zero-order valence-electron chi connectivity index (χ0n) is 20.1. The van der Waals surface area contributed by atoms with Gasteiger partial charge in [-0.25, -0.2) is 4.99 Å². The minimum absolute atomic E-state index is 0. The summed E-state index contributed by atoms with van der Waals surface area (Å²) in [4.78, 5) is 7.45. The van der Waals surface area contributed by atoms with E-state index in [1.807, 2.05) is 18.7 Å². The van der Waals surface area contributed by atoms with Gasteiger partial charge in [-0.15, -0.1) is 24.0 Å². The Kier molecular flexibility index (Phi) is 10.8. The van der Waals surface area contributed by atoms with Gasteiger partial charge in [0.15, 0.2) is 5.96 Å². The predicted octanol–water partition coefficient (Wildman–Crippen LogP) is 3.95. The number of hydrogen-bond donors (Lipinski definition) is 2. The maximum atomic E-state index is 5.35. The lowest BCUT2D eigenvalue weighted by molar-refractivity contribution is 0.164. The van der Waals surface area contributed by atoms with Crippen LogP contribution in [0.1, 0.15) is 54.7 Å². The number of methoxy groups -OCH3 is 1. The molecule has 1 aromatic carbocycles. The summed E-state index contributed by atoms with van der Waals surface area (Å²) in [6, 6.07) is 8.79. The van der Waals surface area contributed by atoms with Crippen molar-refractivity contribution in [2.75, 3.05) is 33.3 Å². The van der Waals surface area contributed by atoms with Gasteiger partial charge in [-0.05, 0) is 64.4 Å². The zero-order valence-corrected chi connectivity index (χ0v) is 22.5. The molecule has 7 nitrogen and oxygen atoms in total. The van der Waals surface area contributed by atoms with Crippen LogP contribution in [-0.4, -0.2) is 53.9 Å². The fourth-order valence-electron chi connectivity index (χ4n) is 4.25. The molecule has 1 aromatic heterocycles. The Morgan fingerprint density at radius 2 is 1.81 bits per heavy atom. The highest BCUT2D eigenvalue weighted by atomic mass is 127. The third-order valence-electron chi connectivity index (χ3n) is 6.19. The van der Waals surface area contributed by atoms with Crippen molar-refractivity contribution in [1.82, 2.24) is 25.3 Å². The fraction of sp³-hybridized carbons (Fsp3) is 0.583. The Morgan fingerprint density at radius 1 is 1.12 bits per heavy atom. The molecule has 0 radical (unpaired) electrons. The number of piperidine rings is 1. The summed E-state index contributed by atoms with van der Waals surface area (Å²) in [5.74, 6) is 1.74. The van der Waals surface area contributed by atoms with Crippen LogP contribution >= 0.6 is 24.0 Å². The van der Waals surface area contributed by atoms with Crippen molar-refractivity contribution < 1.29 is 4.74 Å². The smallest absolute Gasteiger partial charge is 0.191 e. The molecule has 1 atom stereocenters. The number of benzene rings is 1. The summed E-state index contributed by atoms with van der Waals surface area (Å²) in [6.07, 6.45) is 3.86. The molecule has 2 aromatic rings. The van der Waals surface area contributed by atoms with E-state index in [0.717, 1.165) is 43.6 Å². The minimum Gasteiger partial charge on any atom is -0.497 e. The van der Waals surface area contributed by atoms with Crippen LogP contribution in [0.15, 0.2) is 29.3 Å². The van der Waals surface area contributed by atoms with Crippen LogP contribution in [-0.2, 0) is 13.6 Å². The van der Waals surface area contributed by atoms with E-state index in [9.17, 15) is 0 Å². The molecule has 1 saturated heterocycles. The number of aromatic nitrogens is 2. The van der Waals surface area contributed by atoms with Crippen molar-refractivity contribution >= 4 is 29.9 Å². The molecular weight excluding hydrogens is 515 g/mol. The summed E-state index contributed by atoms with van der Waals surface area (Å²) in [6.45, 7) is 10.8. The molecule has 178 valence electrons. The van der Waals surface area contributed by atoms with Crippen LogP contribution in [0.4, 0.5) is 0 Å². The first-order valence-corrected chi connectivity index (χ1v) is 11.4. The zero-order chi connectivity index (χ0) is 22.2. The van der Waals surface area contributed by atoms with E-state index in [1.54, 1.807) is 7.11 Å². The molecule has 2 N–H and O–H groups in total. The maximum absolute atomic E-state index is 5.35. The first kappa shape index (κ1) is 26.4. The molecule has 3 rings (SSSR count). The summed E-state index contributed by atoms with van der Waals surface area (Å²) in [5, 5.41) is 11.5. The molecule has 1 aliphatic heterocycles. The Labute approximate surface area is 210 Å². The molecule has 1 aliphatic rings. The number of likely N-dealkylation sites (tertiary alicyclic amines) is 1. The van der Waals surface area contributed by atoms with Gasteiger partial charge in [0.1, 0.15) is 5.75 Å². The topological polar surface area (TPSA) is 66.7 Å². The lowest BCUT2D eigenvalue weighted by Crippen LogP contribution is -2.44. The summed E-state index contributed by atoms with van der Waals surface area (Å²) < 4.78 is 7.28. The lowest BCUT2D eigenvalue weighted by atomic mass is 10.0. The molecule has 32 heavy (non-hydrogen) atoms. The van der Waals surface area contributed by atoms with E-state index in [-0.39, 0.29) is 24.0 Å². The predicted molar refractivity (Wildman–Crippen MR) is 142 cm³/mol. The normalized spacial score (nSPS) is 15.7. The van der Waals surface area contributed by atoms with Crippen LogP contribution in [0, 0.1) is 13.8 Å². The average molecular weight is 555 g/mol. The number of aryl methyl sites for hydroxylation is 2. The van der Waals surface area contributed by atoms with Crippen molar-refractivity contribution in [2.24, 2.45) is 12.0 Å². The van der Waals surface area contributed by atoms with Crippen LogP contribution < -0.4 is 15.4 Å². The highest BCUT2D eigenvalue weighted by molar-refractivity contribution is 14.0. The maximum Gasteiger partial charge on any atom is 0.191 e. The summed E-state index contributed by atoms with van der Waals surface area (Å²) in [5.41, 5.74) is 4.72. The molecule has 0 bridgehead atoms. The molecule has 0 saturated carbocycles. The Balaban J connectivity index is 0.00000363. The first-order chi connectivity index (χ1) is 15.0. The largest absolute Gasteiger partial charge is 0.497 e. The molecule has 2 heterocycles. The van der Waals surface area contributed by atoms with Crippen molar-refractivity contribution in [3.63, 3.8) is 0 Å². The Hall–Kier alpha value is -1.81. The first-order valence-electron chi connectivity index (χ1n) is 11.4. The van der Waals surface area contributed by atoms with Gasteiger partial charge in [0, 0.05) is 31.4 Å². The van der Waals surface area contributed by atoms with Gasteiger partial charge in [-0.3, -0.25) is 9.58 Å². The van der Waals surface area contributed by atoms with Crippen molar-refractivity contribution in [3.05, 3.63) is 46.8 Å². The number of halogens is 1. The molecule has 0 aliphatic carbocycles. The van der Waals surface area contributed by atoms with E-state index in [0.29, 0.717) is 12.6 Å². The quantitative estimate of drug-likeness (QED) is 0.294. The highest BCUT2D eigenvalue weighted by Crippen LogP contribution is 2.26. The monoisotopic (exact) mass is 554 g/mol. The van der Waals surface area contributed by atoms with Gasteiger partial charge in [-0.2, -0.15) is 5.10 Å². The molecule has 8 heteroatoms. The van der Waals surface area contributed by atoms with Crippen LogP contribution in [0.5, 0.6) is 5.75 Å². The number of ether oxygens (including phenoxy) is 1. The number of hydrogen-bond acceptors (Lipinski definition) is 4. The number of aliphatic imine (C=N–C) groups is 1. The van der Waals surface area contributed by atoms with Crippen molar-refractivity contribution in [3.8, 4) is 5.75 Å². The fourth-order valence-corrected chi connectivity index (χ4v) is 4.25. The summed E-state index contributed by atoms with van der Waals surface area (Å²) >= 11 is 0. The van der Waals surface area contributed by atoms with Crippen LogP contribution in [0.3, 0.4) is 0 Å². The molecule has 0 spiro atoms. The number of nitrogens with one attached hydrogen (secondary N) is 2. The SMILES string of the molecule is CCNC(=NCc1c(C)nn(C)c1C)NCC(c1ccc(OC)cc1)N1CCCCC1.I. The third-order valence-corrected chi connectivity index (χ3v) is 6.19. The van der Waals surface area contributed by atoms with Gasteiger partial charge in [0.25, 0.3) is 0 Å². The highest BCUT2D eigenvalue weighted by Gasteiger charge is 2.22. The number of rotatable bonds is 8. The van der Waals surface area contributed by atoms with Gasteiger partial charge in [0.05, 0.1) is 25.4 Å². The molecular formula is C24H39IN6O. The van der Waals surface area contributed by atoms with E-state index < -0.39 is 0 Å². The Bertz CT molecular complexity index is 858. The van der Waals surface area contributed by atoms with Crippen LogP contribution in [0.25, 0.3) is 0 Å². The van der Waals surface area contributed by atoms with Gasteiger partial charge in [-0.1, -0.05) is 18.6 Å². The van der Waals surface area contributed by atoms with Crippen molar-refractivity contribution in [1.29, 1.82) is 0 Å². The number of nitrogens with zero attached hydrogens (tertiary/aromatic N) is 4. The van der Waals surface area contributed by atoms with Gasteiger partial charge < -0.3 is 15.4 Å². The van der Waals surface area contributed by atoms with E-state index in [1.165, 1.54) is 36.1 Å². The standard InChI is InChI=1S/C24H38N6O.HI/c1-6-25-24(26-16-22-18(2)28-29(4)19(22)3)27-17-23(30-14-8-7-9-15-30)20-10-12-21(31-5)13-11-20;/h10-13,23H,6-9,14-17H2,1-5H3,(H2,25,26,27);1H. The minimum atomic E-state index is 0. The summed E-state index contributed by atoms with van der Waals surface area (Å²) in [7, 11) is 3.70. The lowest BCUT2D eigenvalue weighted by Gasteiger charge is -2.35. The van der Waals surface area contributed by atoms with E-state index in [2.05, 4.69) is 58.7 Å². The van der Waals surface area contributed by atoms with Gasteiger partial charge in [0.2, 0.25) is 0 Å². The Morgan fingerprint density at radius 3 is 2.38 bits per heavy atom. The number of guanidine groups is 1. The van der Waals surface area contributed by atoms with Gasteiger partial charge >= 0.3 is 0 Å². The van der Waals surface area contributed by atoms with Crippen molar-refractivity contribution in [2.45, 2.75) is 52.6 Å². The second kappa shape index (κ2) is 13.0. The second-order valence-electron chi connectivity index (χ2n) is 8.23. The third kappa shape index (κ3) is 6.84. The molecule has 0 amide bonds. The average Bonchev–Trinajstić information content (AvgIpc) is 3.04. The van der Waals surface area contributed by atoms with E-state index in [4.69, 9.17) is 9.73 Å².